The molecule has 0 amide bonds. The standard InChI is InChI=1S/C9H9NO4S/c1-14-7(11)4-2-3-6-5-15-8(10-6)9(12)13/h2-3,5H,4H2,1H3,(H,12,13). The predicted molar refractivity (Wildman–Crippen MR) is 54.7 cm³/mol. The number of nitrogens with zero attached hydrogens (tertiary/aromatic N) is 1. The summed E-state index contributed by atoms with van der Waals surface area (Å²) in [5.41, 5.74) is 0.529. The first-order chi connectivity index (χ1) is 7.13. The van der Waals surface area contributed by atoms with Crippen molar-refractivity contribution in [1.29, 1.82) is 0 Å². The van der Waals surface area contributed by atoms with Crippen LogP contribution < -0.4 is 0 Å². The van der Waals surface area contributed by atoms with Gasteiger partial charge >= 0.3 is 11.9 Å². The van der Waals surface area contributed by atoms with Crippen LogP contribution in [-0.4, -0.2) is 29.1 Å². The number of hydrogen-bond acceptors (Lipinski definition) is 5. The van der Waals surface area contributed by atoms with Gasteiger partial charge in [-0.1, -0.05) is 6.08 Å². The van der Waals surface area contributed by atoms with Gasteiger partial charge in [0.2, 0.25) is 5.01 Å². The highest BCUT2D eigenvalue weighted by molar-refractivity contribution is 7.11. The molecule has 0 fully saturated rings. The lowest BCUT2D eigenvalue weighted by molar-refractivity contribution is -0.139. The van der Waals surface area contributed by atoms with Gasteiger partial charge < -0.3 is 9.84 Å². The molecule has 1 rings (SSSR count). The lowest BCUT2D eigenvalue weighted by Gasteiger charge is -1.90. The van der Waals surface area contributed by atoms with Crippen molar-refractivity contribution in [3.63, 3.8) is 0 Å². The Morgan fingerprint density at radius 3 is 2.93 bits per heavy atom. The normalized spacial score (nSPS) is 10.5. The zero-order valence-electron chi connectivity index (χ0n) is 7.97. The van der Waals surface area contributed by atoms with E-state index in [1.165, 1.54) is 7.11 Å². The van der Waals surface area contributed by atoms with E-state index in [0.717, 1.165) is 11.3 Å². The predicted octanol–water partition coefficient (Wildman–Crippen LogP) is 1.42. The van der Waals surface area contributed by atoms with Gasteiger partial charge in [-0.2, -0.15) is 0 Å². The summed E-state index contributed by atoms with van der Waals surface area (Å²) in [4.78, 5) is 25.0. The second-order valence-corrected chi connectivity index (χ2v) is 3.42. The molecule has 1 aromatic rings. The van der Waals surface area contributed by atoms with E-state index in [1.807, 2.05) is 0 Å². The van der Waals surface area contributed by atoms with Crippen LogP contribution in [0.25, 0.3) is 6.08 Å². The van der Waals surface area contributed by atoms with Crippen molar-refractivity contribution in [3.05, 3.63) is 22.2 Å². The average Bonchev–Trinajstić information content (AvgIpc) is 2.66. The molecule has 0 radical (unpaired) electrons. The van der Waals surface area contributed by atoms with Gasteiger partial charge in [0.25, 0.3) is 0 Å². The van der Waals surface area contributed by atoms with Crippen LogP contribution in [0.4, 0.5) is 0 Å². The molecule has 0 saturated heterocycles. The van der Waals surface area contributed by atoms with Crippen molar-refractivity contribution in [2.45, 2.75) is 6.42 Å². The number of carbonyl (C=O) groups is 2. The first-order valence-electron chi connectivity index (χ1n) is 4.05. The summed E-state index contributed by atoms with van der Waals surface area (Å²) in [7, 11) is 1.31. The fourth-order valence-corrected chi connectivity index (χ4v) is 1.44. The van der Waals surface area contributed by atoms with E-state index in [4.69, 9.17) is 5.11 Å². The van der Waals surface area contributed by atoms with Gasteiger partial charge in [-0.3, -0.25) is 4.79 Å². The first kappa shape index (κ1) is 11.4. The third kappa shape index (κ3) is 3.51. The topological polar surface area (TPSA) is 76.5 Å². The maximum Gasteiger partial charge on any atom is 0.365 e. The Hall–Kier alpha value is -1.69. The van der Waals surface area contributed by atoms with E-state index in [0.29, 0.717) is 5.69 Å². The number of aromatic carboxylic acids is 1. The first-order valence-corrected chi connectivity index (χ1v) is 4.93. The van der Waals surface area contributed by atoms with Gasteiger partial charge in [0, 0.05) is 5.38 Å². The van der Waals surface area contributed by atoms with Crippen molar-refractivity contribution >= 4 is 29.4 Å². The SMILES string of the molecule is COC(=O)CC=Cc1csc(C(=O)O)n1. The monoisotopic (exact) mass is 227 g/mol. The van der Waals surface area contributed by atoms with Crippen LogP contribution in [0.2, 0.25) is 0 Å². The smallest absolute Gasteiger partial charge is 0.365 e. The van der Waals surface area contributed by atoms with Gasteiger partial charge in [0.15, 0.2) is 0 Å². The van der Waals surface area contributed by atoms with Crippen LogP contribution in [-0.2, 0) is 9.53 Å². The molecule has 5 nitrogen and oxygen atoms in total. The molecule has 0 aliphatic rings. The zero-order chi connectivity index (χ0) is 11.3. The van der Waals surface area contributed by atoms with Crippen LogP contribution in [0, 0.1) is 0 Å². The molecule has 15 heavy (non-hydrogen) atoms. The summed E-state index contributed by atoms with van der Waals surface area (Å²) < 4.78 is 4.43. The van der Waals surface area contributed by atoms with E-state index in [2.05, 4.69) is 9.72 Å². The number of aromatic nitrogens is 1. The fourth-order valence-electron chi connectivity index (χ4n) is 0.820. The number of ether oxygens (including phenoxy) is 1. The third-order valence-corrected chi connectivity index (χ3v) is 2.35. The Morgan fingerprint density at radius 2 is 2.40 bits per heavy atom. The van der Waals surface area contributed by atoms with Crippen LogP contribution in [0.5, 0.6) is 0 Å². The number of methoxy groups -OCH3 is 1. The molecule has 0 aliphatic carbocycles. The summed E-state index contributed by atoms with van der Waals surface area (Å²) in [5.74, 6) is -1.40. The van der Waals surface area contributed by atoms with Crippen molar-refractivity contribution in [3.8, 4) is 0 Å². The summed E-state index contributed by atoms with van der Waals surface area (Å²) in [6.07, 6.45) is 3.31. The number of thiazole rings is 1. The van der Waals surface area contributed by atoms with Crippen molar-refractivity contribution in [2.24, 2.45) is 0 Å². The fraction of sp³-hybridized carbons (Fsp3) is 0.222. The molecule has 0 aromatic carbocycles. The van der Waals surface area contributed by atoms with Gasteiger partial charge in [-0.25, -0.2) is 9.78 Å². The molecular weight excluding hydrogens is 218 g/mol. The number of rotatable bonds is 4. The van der Waals surface area contributed by atoms with Gasteiger partial charge in [0.1, 0.15) is 0 Å². The van der Waals surface area contributed by atoms with Gasteiger partial charge in [-0.15, -0.1) is 11.3 Å². The highest BCUT2D eigenvalue weighted by atomic mass is 32.1. The average molecular weight is 227 g/mol. The molecule has 80 valence electrons. The van der Waals surface area contributed by atoms with Crippen molar-refractivity contribution < 1.29 is 19.4 Å². The molecule has 0 aliphatic heterocycles. The van der Waals surface area contributed by atoms with E-state index in [1.54, 1.807) is 17.5 Å². The zero-order valence-corrected chi connectivity index (χ0v) is 8.78. The van der Waals surface area contributed by atoms with E-state index >= 15 is 0 Å². The van der Waals surface area contributed by atoms with E-state index < -0.39 is 5.97 Å². The minimum absolute atomic E-state index is 0.0349. The summed E-state index contributed by atoms with van der Waals surface area (Å²) in [6, 6.07) is 0. The molecule has 1 heterocycles. The second-order valence-electron chi connectivity index (χ2n) is 2.57. The molecular formula is C9H9NO4S. The summed E-state index contributed by atoms with van der Waals surface area (Å²) >= 11 is 1.04. The maximum atomic E-state index is 10.7. The van der Waals surface area contributed by atoms with Crippen LogP contribution in [0.3, 0.4) is 0 Å². The number of carboxylic acids is 1. The molecule has 0 saturated carbocycles. The Kier molecular flexibility index (Phi) is 3.99. The lowest BCUT2D eigenvalue weighted by atomic mass is 10.3. The Balaban J connectivity index is 2.57. The number of hydrogen-bond donors (Lipinski definition) is 1. The molecule has 0 spiro atoms. The maximum absolute atomic E-state index is 10.7. The van der Waals surface area contributed by atoms with Crippen LogP contribution in [0.1, 0.15) is 21.9 Å². The molecule has 0 atom stereocenters. The molecule has 1 N–H and O–H groups in total. The summed E-state index contributed by atoms with van der Waals surface area (Å²) in [6.45, 7) is 0. The van der Waals surface area contributed by atoms with E-state index in [-0.39, 0.29) is 17.4 Å². The Morgan fingerprint density at radius 1 is 1.67 bits per heavy atom. The Bertz CT molecular complexity index is 397. The molecule has 0 unspecified atom stereocenters. The van der Waals surface area contributed by atoms with Crippen molar-refractivity contribution in [2.75, 3.05) is 7.11 Å². The van der Waals surface area contributed by atoms with E-state index in [9.17, 15) is 9.59 Å². The largest absolute Gasteiger partial charge is 0.476 e. The van der Waals surface area contributed by atoms with Crippen LogP contribution >= 0.6 is 11.3 Å². The second kappa shape index (κ2) is 5.26. The molecule has 1 aromatic heterocycles. The van der Waals surface area contributed by atoms with Gasteiger partial charge in [0.05, 0.1) is 19.2 Å². The molecule has 0 bridgehead atoms. The number of esters is 1. The highest BCUT2D eigenvalue weighted by Crippen LogP contribution is 2.11. The van der Waals surface area contributed by atoms with Crippen LogP contribution in [0.15, 0.2) is 11.5 Å². The highest BCUT2D eigenvalue weighted by Gasteiger charge is 2.06. The third-order valence-electron chi connectivity index (χ3n) is 1.51. The lowest BCUT2D eigenvalue weighted by Crippen LogP contribution is -1.96. The van der Waals surface area contributed by atoms with Crippen molar-refractivity contribution in [1.82, 2.24) is 4.98 Å². The Labute approximate surface area is 90.0 Å². The summed E-state index contributed by atoms with van der Waals surface area (Å²) in [5, 5.41) is 10.2. The quantitative estimate of drug-likeness (QED) is 0.787. The number of carboxylic acid groups (broad SMARTS) is 1. The molecule has 6 heteroatoms. The van der Waals surface area contributed by atoms with Gasteiger partial charge in [-0.05, 0) is 6.08 Å². The minimum atomic E-state index is -1.05. The number of carbonyl (C=O) groups excluding carboxylic acids is 1. The minimum Gasteiger partial charge on any atom is -0.476 e.